The average molecular weight is 332 g/mol. The molecule has 1 aromatic carbocycles. The molecule has 2 fully saturated rings. The molecule has 0 unspecified atom stereocenters. The van der Waals surface area contributed by atoms with Crippen LogP contribution in [0.2, 0.25) is 0 Å². The number of nitrogens with two attached hydrogens (primary N) is 1. The number of fused-ring (bicyclic) bond motifs is 3. The first-order valence-electron chi connectivity index (χ1n) is 8.04. The van der Waals surface area contributed by atoms with Crippen LogP contribution in [0.15, 0.2) is 18.2 Å². The Bertz CT molecular complexity index is 695. The van der Waals surface area contributed by atoms with Crippen molar-refractivity contribution < 1.29 is 19.1 Å². The highest BCUT2D eigenvalue weighted by molar-refractivity contribution is 5.97. The summed E-state index contributed by atoms with van der Waals surface area (Å²) in [5.41, 5.74) is 7.11. The van der Waals surface area contributed by atoms with E-state index in [9.17, 15) is 9.59 Å². The van der Waals surface area contributed by atoms with Gasteiger partial charge in [0.1, 0.15) is 24.5 Å². The second-order valence-corrected chi connectivity index (χ2v) is 6.34. The maximum atomic E-state index is 12.2. The molecule has 0 saturated carbocycles. The van der Waals surface area contributed by atoms with E-state index in [0.29, 0.717) is 31.1 Å². The maximum absolute atomic E-state index is 12.2. The number of rotatable bonds is 2. The van der Waals surface area contributed by atoms with Crippen molar-refractivity contribution in [2.45, 2.75) is 12.1 Å². The molecule has 0 aromatic heterocycles. The van der Waals surface area contributed by atoms with Gasteiger partial charge in [-0.15, -0.1) is 0 Å². The van der Waals surface area contributed by atoms with Gasteiger partial charge in [-0.2, -0.15) is 0 Å². The Morgan fingerprint density at radius 2 is 2.12 bits per heavy atom. The standard InChI is InChI=1S/C16H20N4O4/c1-18-4-5-19(15(21)8-18)10-2-3-11-13(6-10)23-9-12-14(7-17)24-16(22)20(11)12/h2-3,6,12,14H,4-5,7-9,17H2,1H3/t12-,14-/m0/s1. The second kappa shape index (κ2) is 5.64. The van der Waals surface area contributed by atoms with Crippen LogP contribution >= 0.6 is 0 Å². The molecule has 0 aliphatic carbocycles. The summed E-state index contributed by atoms with van der Waals surface area (Å²) in [5, 5.41) is 0. The molecule has 4 rings (SSSR count). The topological polar surface area (TPSA) is 88.3 Å². The highest BCUT2D eigenvalue weighted by Gasteiger charge is 2.46. The number of ether oxygens (including phenoxy) is 2. The van der Waals surface area contributed by atoms with Crippen LogP contribution in [0.1, 0.15) is 0 Å². The molecule has 0 radical (unpaired) electrons. The van der Waals surface area contributed by atoms with Crippen LogP contribution in [0.4, 0.5) is 16.2 Å². The second-order valence-electron chi connectivity index (χ2n) is 6.34. The molecule has 8 nitrogen and oxygen atoms in total. The molecule has 24 heavy (non-hydrogen) atoms. The number of hydrogen-bond acceptors (Lipinski definition) is 6. The number of likely N-dealkylation sites (N-methyl/N-ethyl adjacent to an activating group) is 1. The number of benzene rings is 1. The van der Waals surface area contributed by atoms with Crippen LogP contribution in [-0.4, -0.2) is 68.9 Å². The monoisotopic (exact) mass is 332 g/mol. The fraction of sp³-hybridized carbons (Fsp3) is 0.500. The van der Waals surface area contributed by atoms with E-state index < -0.39 is 6.09 Å². The summed E-state index contributed by atoms with van der Waals surface area (Å²) >= 11 is 0. The summed E-state index contributed by atoms with van der Waals surface area (Å²) in [6.07, 6.45) is -0.757. The molecule has 128 valence electrons. The van der Waals surface area contributed by atoms with Gasteiger partial charge in [-0.05, 0) is 19.2 Å². The van der Waals surface area contributed by atoms with Crippen LogP contribution < -0.4 is 20.3 Å². The smallest absolute Gasteiger partial charge is 0.415 e. The van der Waals surface area contributed by atoms with Gasteiger partial charge in [0.2, 0.25) is 5.91 Å². The first-order valence-corrected chi connectivity index (χ1v) is 8.04. The minimum Gasteiger partial charge on any atom is -0.489 e. The zero-order chi connectivity index (χ0) is 16.8. The van der Waals surface area contributed by atoms with Gasteiger partial charge < -0.3 is 20.1 Å². The first kappa shape index (κ1) is 15.2. The van der Waals surface area contributed by atoms with Crippen molar-refractivity contribution in [1.29, 1.82) is 0 Å². The van der Waals surface area contributed by atoms with Gasteiger partial charge >= 0.3 is 6.09 Å². The summed E-state index contributed by atoms with van der Waals surface area (Å²) < 4.78 is 11.1. The highest BCUT2D eigenvalue weighted by Crippen LogP contribution is 2.40. The van der Waals surface area contributed by atoms with E-state index in [-0.39, 0.29) is 24.6 Å². The number of hydrogen-bond donors (Lipinski definition) is 1. The molecule has 0 spiro atoms. The molecule has 0 bridgehead atoms. The van der Waals surface area contributed by atoms with Crippen molar-refractivity contribution in [3.63, 3.8) is 0 Å². The molecular weight excluding hydrogens is 312 g/mol. The van der Waals surface area contributed by atoms with Crippen LogP contribution in [0.3, 0.4) is 0 Å². The Balaban J connectivity index is 1.63. The van der Waals surface area contributed by atoms with E-state index in [1.807, 2.05) is 30.1 Å². The lowest BCUT2D eigenvalue weighted by Gasteiger charge is -2.34. The van der Waals surface area contributed by atoms with Gasteiger partial charge in [-0.1, -0.05) is 0 Å². The van der Waals surface area contributed by atoms with Crippen LogP contribution in [0.5, 0.6) is 5.75 Å². The quantitative estimate of drug-likeness (QED) is 0.821. The third kappa shape index (κ3) is 2.30. The third-order valence-electron chi connectivity index (χ3n) is 4.78. The third-order valence-corrected chi connectivity index (χ3v) is 4.78. The van der Waals surface area contributed by atoms with Crippen molar-refractivity contribution in [1.82, 2.24) is 4.90 Å². The molecule has 2 amide bonds. The summed E-state index contributed by atoms with van der Waals surface area (Å²) in [6, 6.07) is 5.27. The van der Waals surface area contributed by atoms with Crippen molar-refractivity contribution >= 4 is 23.4 Å². The molecule has 3 aliphatic heterocycles. The van der Waals surface area contributed by atoms with Crippen molar-refractivity contribution in [2.75, 3.05) is 49.6 Å². The number of nitrogens with zero attached hydrogens (tertiary/aromatic N) is 3. The maximum Gasteiger partial charge on any atom is 0.415 e. The Morgan fingerprint density at radius 3 is 2.88 bits per heavy atom. The largest absolute Gasteiger partial charge is 0.489 e. The lowest BCUT2D eigenvalue weighted by Crippen LogP contribution is -2.49. The van der Waals surface area contributed by atoms with E-state index in [1.54, 1.807) is 9.80 Å². The molecule has 1 aromatic rings. The van der Waals surface area contributed by atoms with E-state index in [0.717, 1.165) is 12.2 Å². The zero-order valence-electron chi connectivity index (χ0n) is 13.5. The van der Waals surface area contributed by atoms with Crippen LogP contribution in [0, 0.1) is 0 Å². The normalized spacial score (nSPS) is 26.8. The number of anilines is 2. The van der Waals surface area contributed by atoms with Gasteiger partial charge in [0.05, 0.1) is 12.2 Å². The number of carbonyl (C=O) groups excluding carboxylic acids is 2. The van der Waals surface area contributed by atoms with E-state index in [4.69, 9.17) is 15.2 Å². The Hall–Kier alpha value is -2.32. The average Bonchev–Trinajstić information content (AvgIpc) is 2.91. The van der Waals surface area contributed by atoms with Gasteiger partial charge in [0.25, 0.3) is 0 Å². The molecule has 3 aliphatic rings. The van der Waals surface area contributed by atoms with Crippen molar-refractivity contribution in [3.8, 4) is 5.75 Å². The molecule has 2 saturated heterocycles. The van der Waals surface area contributed by atoms with E-state index in [1.165, 1.54) is 0 Å². The predicted molar refractivity (Wildman–Crippen MR) is 87.4 cm³/mol. The van der Waals surface area contributed by atoms with Gasteiger partial charge in [-0.3, -0.25) is 14.6 Å². The van der Waals surface area contributed by atoms with E-state index in [2.05, 4.69) is 0 Å². The number of carbonyl (C=O) groups is 2. The summed E-state index contributed by atoms with van der Waals surface area (Å²) in [5.74, 6) is 0.645. The number of cyclic esters (lactones) is 1. The number of piperazine rings is 1. The summed E-state index contributed by atoms with van der Waals surface area (Å²) in [4.78, 5) is 29.7. The molecule has 2 N–H and O–H groups in total. The fourth-order valence-electron chi connectivity index (χ4n) is 3.45. The van der Waals surface area contributed by atoms with Crippen molar-refractivity contribution in [2.24, 2.45) is 5.73 Å². The molecule has 3 heterocycles. The minimum atomic E-state index is -0.400. The predicted octanol–water partition coefficient (Wildman–Crippen LogP) is 0.00990. The van der Waals surface area contributed by atoms with Crippen LogP contribution in [-0.2, 0) is 9.53 Å². The first-order chi connectivity index (χ1) is 11.6. The minimum absolute atomic E-state index is 0.0566. The van der Waals surface area contributed by atoms with Gasteiger partial charge in [0, 0.05) is 31.4 Å². The Kier molecular flexibility index (Phi) is 3.58. The number of amides is 2. The van der Waals surface area contributed by atoms with Gasteiger partial charge in [0.15, 0.2) is 0 Å². The molecule has 8 heteroatoms. The SMILES string of the molecule is CN1CCN(c2ccc3c(c2)OC[C@H]2[C@H](CN)OC(=O)N32)C(=O)C1. The molecule has 2 atom stereocenters. The van der Waals surface area contributed by atoms with Crippen molar-refractivity contribution in [3.05, 3.63) is 18.2 Å². The van der Waals surface area contributed by atoms with Gasteiger partial charge in [-0.25, -0.2) is 4.79 Å². The fourth-order valence-corrected chi connectivity index (χ4v) is 3.45. The lowest BCUT2D eigenvalue weighted by molar-refractivity contribution is -0.120. The zero-order valence-corrected chi connectivity index (χ0v) is 13.5. The highest BCUT2D eigenvalue weighted by atomic mass is 16.6. The van der Waals surface area contributed by atoms with Crippen LogP contribution in [0.25, 0.3) is 0 Å². The Morgan fingerprint density at radius 1 is 1.29 bits per heavy atom. The Labute approximate surface area is 139 Å². The lowest BCUT2D eigenvalue weighted by atomic mass is 10.1. The van der Waals surface area contributed by atoms with E-state index >= 15 is 0 Å². The molecular formula is C16H20N4O4. The summed E-state index contributed by atoms with van der Waals surface area (Å²) in [7, 11) is 1.93. The summed E-state index contributed by atoms with van der Waals surface area (Å²) in [6.45, 7) is 2.46.